The standard InChI is InChI=1S/C26H28BrFN4O3/c1-4-26(5-2,25(33)34)14-24-29-22-9-7-20(35-16-19-10-11-31(3)30-19)13-23(22)32(24)15-17-12-18(27)6-8-21(17)28/h6-13H,4-5,14-16H2,1-3H3,(H,33,34). The summed E-state index contributed by atoms with van der Waals surface area (Å²) < 4.78 is 25.0. The first kappa shape index (κ1) is 24.9. The van der Waals surface area contributed by atoms with Gasteiger partial charge in [-0.1, -0.05) is 29.8 Å². The normalized spacial score (nSPS) is 11.8. The van der Waals surface area contributed by atoms with Crippen molar-refractivity contribution in [3.05, 3.63) is 76.0 Å². The van der Waals surface area contributed by atoms with Gasteiger partial charge >= 0.3 is 5.97 Å². The molecule has 2 heterocycles. The van der Waals surface area contributed by atoms with E-state index in [1.807, 2.05) is 55.9 Å². The van der Waals surface area contributed by atoms with Gasteiger partial charge in [0.05, 0.1) is 28.7 Å². The van der Waals surface area contributed by atoms with Crippen LogP contribution in [0.5, 0.6) is 5.75 Å². The number of benzene rings is 2. The van der Waals surface area contributed by atoms with Gasteiger partial charge in [-0.25, -0.2) is 9.37 Å². The van der Waals surface area contributed by atoms with Crippen molar-refractivity contribution in [1.29, 1.82) is 0 Å². The maximum Gasteiger partial charge on any atom is 0.310 e. The van der Waals surface area contributed by atoms with E-state index in [2.05, 4.69) is 21.0 Å². The van der Waals surface area contributed by atoms with Crippen LogP contribution in [0, 0.1) is 11.2 Å². The number of halogens is 2. The molecule has 0 aliphatic rings. The number of aryl methyl sites for hydroxylation is 1. The Bertz CT molecular complexity index is 1360. The first-order valence-electron chi connectivity index (χ1n) is 11.5. The molecular formula is C26H28BrFN4O3. The number of ether oxygens (including phenoxy) is 1. The van der Waals surface area contributed by atoms with Crippen LogP contribution < -0.4 is 4.74 Å². The topological polar surface area (TPSA) is 82.2 Å². The molecule has 0 saturated heterocycles. The molecule has 0 aliphatic heterocycles. The predicted molar refractivity (Wildman–Crippen MR) is 135 cm³/mol. The summed E-state index contributed by atoms with van der Waals surface area (Å²) in [7, 11) is 1.85. The SMILES string of the molecule is CCC(CC)(Cc1nc2ccc(OCc3ccn(C)n3)cc2n1Cc1cc(Br)ccc1F)C(=O)O. The van der Waals surface area contributed by atoms with Gasteiger partial charge in [0.2, 0.25) is 0 Å². The average Bonchev–Trinajstić information content (AvgIpc) is 3.40. The lowest BCUT2D eigenvalue weighted by molar-refractivity contribution is -0.149. The number of nitrogens with zero attached hydrogens (tertiary/aromatic N) is 4. The Labute approximate surface area is 211 Å². The van der Waals surface area contributed by atoms with E-state index in [9.17, 15) is 14.3 Å². The molecule has 0 bridgehead atoms. The zero-order valence-electron chi connectivity index (χ0n) is 20.0. The fraction of sp³-hybridized carbons (Fsp3) is 0.346. The highest BCUT2D eigenvalue weighted by molar-refractivity contribution is 9.10. The number of carbonyl (C=O) groups is 1. The van der Waals surface area contributed by atoms with E-state index in [-0.39, 0.29) is 18.8 Å². The lowest BCUT2D eigenvalue weighted by Gasteiger charge is -2.26. The fourth-order valence-electron chi connectivity index (χ4n) is 4.27. The van der Waals surface area contributed by atoms with Crippen LogP contribution in [0.1, 0.15) is 43.8 Å². The molecule has 9 heteroatoms. The third-order valence-corrected chi connectivity index (χ3v) is 7.09. The van der Waals surface area contributed by atoms with Crippen molar-refractivity contribution < 1.29 is 19.0 Å². The van der Waals surface area contributed by atoms with Gasteiger partial charge in [-0.15, -0.1) is 0 Å². The van der Waals surface area contributed by atoms with Crippen molar-refractivity contribution in [2.45, 2.75) is 46.3 Å². The molecule has 0 spiro atoms. The summed E-state index contributed by atoms with van der Waals surface area (Å²) in [5.74, 6) is 0.0431. The zero-order valence-corrected chi connectivity index (χ0v) is 21.5. The van der Waals surface area contributed by atoms with Crippen LogP contribution >= 0.6 is 15.9 Å². The van der Waals surface area contributed by atoms with Crippen molar-refractivity contribution in [2.75, 3.05) is 0 Å². The Morgan fingerprint density at radius 3 is 2.60 bits per heavy atom. The first-order chi connectivity index (χ1) is 16.7. The van der Waals surface area contributed by atoms with Crippen molar-refractivity contribution in [1.82, 2.24) is 19.3 Å². The molecule has 35 heavy (non-hydrogen) atoms. The Balaban J connectivity index is 1.77. The van der Waals surface area contributed by atoms with Crippen LogP contribution in [0.25, 0.3) is 11.0 Å². The quantitative estimate of drug-likeness (QED) is 0.276. The number of rotatable bonds is 10. The smallest absolute Gasteiger partial charge is 0.310 e. The number of imidazole rings is 1. The predicted octanol–water partition coefficient (Wildman–Crippen LogP) is 5.73. The molecule has 2 aromatic carbocycles. The van der Waals surface area contributed by atoms with Gasteiger partial charge in [-0.3, -0.25) is 9.48 Å². The van der Waals surface area contributed by atoms with E-state index in [1.165, 1.54) is 6.07 Å². The minimum atomic E-state index is -0.951. The number of fused-ring (bicyclic) bond motifs is 1. The summed E-state index contributed by atoms with van der Waals surface area (Å²) in [5, 5.41) is 14.3. The molecule has 0 amide bonds. The van der Waals surface area contributed by atoms with Gasteiger partial charge in [0.15, 0.2) is 0 Å². The van der Waals surface area contributed by atoms with E-state index in [1.54, 1.807) is 16.8 Å². The Morgan fingerprint density at radius 2 is 1.94 bits per heavy atom. The Morgan fingerprint density at radius 1 is 1.17 bits per heavy atom. The van der Waals surface area contributed by atoms with Crippen LogP contribution in [0.4, 0.5) is 4.39 Å². The van der Waals surface area contributed by atoms with E-state index >= 15 is 0 Å². The maximum absolute atomic E-state index is 14.7. The van der Waals surface area contributed by atoms with E-state index < -0.39 is 11.4 Å². The summed E-state index contributed by atoms with van der Waals surface area (Å²) in [6, 6.07) is 12.2. The van der Waals surface area contributed by atoms with E-state index in [0.717, 1.165) is 15.7 Å². The van der Waals surface area contributed by atoms with Crippen molar-refractivity contribution in [2.24, 2.45) is 12.5 Å². The van der Waals surface area contributed by atoms with Gasteiger partial charge in [0.1, 0.15) is 24.0 Å². The maximum atomic E-state index is 14.7. The van der Waals surface area contributed by atoms with Crippen LogP contribution in [0.2, 0.25) is 0 Å². The Hall–Kier alpha value is -3.20. The minimum Gasteiger partial charge on any atom is -0.487 e. The second kappa shape index (κ2) is 10.2. The molecule has 0 radical (unpaired) electrons. The number of aromatic nitrogens is 4. The van der Waals surface area contributed by atoms with Crippen LogP contribution in [-0.4, -0.2) is 30.4 Å². The molecule has 7 nitrogen and oxygen atoms in total. The molecule has 0 aliphatic carbocycles. The summed E-state index contributed by atoms with van der Waals surface area (Å²) in [5.41, 5.74) is 1.79. The summed E-state index contributed by atoms with van der Waals surface area (Å²) in [6.45, 7) is 4.27. The van der Waals surface area contributed by atoms with Crippen molar-refractivity contribution in [3.63, 3.8) is 0 Å². The first-order valence-corrected chi connectivity index (χ1v) is 12.3. The molecule has 4 rings (SSSR count). The number of hydrogen-bond acceptors (Lipinski definition) is 4. The highest BCUT2D eigenvalue weighted by Crippen LogP contribution is 2.34. The van der Waals surface area contributed by atoms with E-state index in [4.69, 9.17) is 9.72 Å². The lowest BCUT2D eigenvalue weighted by atomic mass is 9.79. The second-order valence-electron chi connectivity index (χ2n) is 8.74. The molecule has 4 aromatic rings. The average molecular weight is 543 g/mol. The van der Waals surface area contributed by atoms with Gasteiger partial charge < -0.3 is 14.4 Å². The van der Waals surface area contributed by atoms with Gasteiger partial charge in [-0.05, 0) is 49.2 Å². The summed E-state index contributed by atoms with van der Waals surface area (Å²) >= 11 is 3.42. The number of carboxylic acid groups (broad SMARTS) is 1. The largest absolute Gasteiger partial charge is 0.487 e. The van der Waals surface area contributed by atoms with Crippen molar-refractivity contribution in [3.8, 4) is 5.75 Å². The van der Waals surface area contributed by atoms with Crippen molar-refractivity contribution >= 4 is 32.9 Å². The molecule has 184 valence electrons. The molecule has 2 aromatic heterocycles. The van der Waals surface area contributed by atoms with Gasteiger partial charge in [0, 0.05) is 35.8 Å². The third kappa shape index (κ3) is 5.24. The Kier molecular flexibility index (Phi) is 7.25. The molecule has 0 unspecified atom stereocenters. The molecular weight excluding hydrogens is 515 g/mol. The lowest BCUT2D eigenvalue weighted by Crippen LogP contribution is -2.33. The second-order valence-corrected chi connectivity index (χ2v) is 9.65. The number of aliphatic carboxylic acids is 1. The van der Waals surface area contributed by atoms with Crippen LogP contribution in [-0.2, 0) is 31.4 Å². The molecule has 0 fully saturated rings. The number of hydrogen-bond donors (Lipinski definition) is 1. The minimum absolute atomic E-state index is 0.212. The highest BCUT2D eigenvalue weighted by atomic mass is 79.9. The number of carboxylic acids is 1. The molecule has 1 N–H and O–H groups in total. The van der Waals surface area contributed by atoms with Crippen LogP contribution in [0.15, 0.2) is 53.1 Å². The fourth-order valence-corrected chi connectivity index (χ4v) is 4.68. The summed E-state index contributed by atoms with van der Waals surface area (Å²) in [4.78, 5) is 17.0. The highest BCUT2D eigenvalue weighted by Gasteiger charge is 2.37. The van der Waals surface area contributed by atoms with Gasteiger partial charge in [-0.2, -0.15) is 5.10 Å². The van der Waals surface area contributed by atoms with Gasteiger partial charge in [0.25, 0.3) is 0 Å². The summed E-state index contributed by atoms with van der Waals surface area (Å²) in [6.07, 6.45) is 3.02. The molecule has 0 saturated carbocycles. The zero-order chi connectivity index (χ0) is 25.2. The third-order valence-electron chi connectivity index (χ3n) is 6.59. The molecule has 0 atom stereocenters. The monoisotopic (exact) mass is 542 g/mol. The van der Waals surface area contributed by atoms with E-state index in [0.29, 0.717) is 42.1 Å². The van der Waals surface area contributed by atoms with Crippen LogP contribution in [0.3, 0.4) is 0 Å².